The van der Waals surface area contributed by atoms with Crippen molar-refractivity contribution < 1.29 is 14.7 Å². The quantitative estimate of drug-likeness (QED) is 0.427. The highest BCUT2D eigenvalue weighted by molar-refractivity contribution is 8.26. The molecule has 3 N–H and O–H groups in total. The monoisotopic (exact) mass is 455 g/mol. The molecule has 0 unspecified atom stereocenters. The van der Waals surface area contributed by atoms with Gasteiger partial charge < -0.3 is 15.7 Å². The number of pyridine rings is 1. The van der Waals surface area contributed by atoms with Gasteiger partial charge in [-0.25, -0.2) is 4.79 Å². The highest BCUT2D eigenvalue weighted by atomic mass is 32.2. The fraction of sp³-hybridized carbons (Fsp3) is 0.304. The lowest BCUT2D eigenvalue weighted by molar-refractivity contribution is -0.115. The molecule has 31 heavy (non-hydrogen) atoms. The average molecular weight is 456 g/mol. The summed E-state index contributed by atoms with van der Waals surface area (Å²) < 4.78 is 0.419. The molecule has 2 aromatic rings. The first-order valence-electron chi connectivity index (χ1n) is 9.96. The maximum absolute atomic E-state index is 12.3. The second kappa shape index (κ2) is 9.62. The van der Waals surface area contributed by atoms with Gasteiger partial charge in [0.05, 0.1) is 4.91 Å². The van der Waals surface area contributed by atoms with Crippen LogP contribution in [0.5, 0.6) is 0 Å². The first-order valence-corrected chi connectivity index (χ1v) is 11.2. The van der Waals surface area contributed by atoms with E-state index in [1.807, 2.05) is 38.1 Å². The van der Waals surface area contributed by atoms with Crippen molar-refractivity contribution in [2.24, 2.45) is 5.92 Å². The molecule has 1 saturated heterocycles. The van der Waals surface area contributed by atoms with Crippen molar-refractivity contribution in [2.75, 3.05) is 0 Å². The molecule has 0 radical (unpaired) electrons. The van der Waals surface area contributed by atoms with E-state index in [9.17, 15) is 14.7 Å². The Balaban J connectivity index is 2.30. The molecule has 3 rings (SSSR count). The van der Waals surface area contributed by atoms with Gasteiger partial charge in [-0.15, -0.1) is 0 Å². The van der Waals surface area contributed by atoms with Gasteiger partial charge in [0.15, 0.2) is 0 Å². The van der Waals surface area contributed by atoms with Gasteiger partial charge in [-0.1, -0.05) is 67.7 Å². The Morgan fingerprint density at radius 1 is 1.29 bits per heavy atom. The topological polar surface area (TPSA) is 91.3 Å². The van der Waals surface area contributed by atoms with Crippen LogP contribution in [0.1, 0.15) is 41.9 Å². The van der Waals surface area contributed by atoms with E-state index >= 15 is 0 Å². The standard InChI is InChI=1S/C23H25N3O3S2/c1-12(2)9-18-17(11-24-22(28)29)20(15-7-5-13(3)6-8-15)16(14(4)25-18)10-19-21(27)26-23(30)31-19/h5-8,10,12,24H,9,11H2,1-4H3,(H,28,29)(H,26,27,30). The number of thioether (sulfide) groups is 1. The molecule has 1 aliphatic rings. The fourth-order valence-electron chi connectivity index (χ4n) is 3.51. The van der Waals surface area contributed by atoms with Crippen LogP contribution in [-0.2, 0) is 17.8 Å². The molecule has 8 heteroatoms. The number of carboxylic acid groups (broad SMARTS) is 1. The largest absolute Gasteiger partial charge is 0.465 e. The minimum Gasteiger partial charge on any atom is -0.465 e. The Morgan fingerprint density at radius 3 is 2.52 bits per heavy atom. The van der Waals surface area contributed by atoms with E-state index in [0.29, 0.717) is 21.6 Å². The number of nitrogens with one attached hydrogen (secondary N) is 2. The molecule has 2 heterocycles. The zero-order valence-electron chi connectivity index (χ0n) is 17.9. The number of carbonyl (C=O) groups excluding carboxylic acids is 1. The second-order valence-corrected chi connectivity index (χ2v) is 9.60. The maximum Gasteiger partial charge on any atom is 0.404 e. The van der Waals surface area contributed by atoms with Crippen molar-refractivity contribution in [3.05, 3.63) is 57.2 Å². The first kappa shape index (κ1) is 23.0. The summed E-state index contributed by atoms with van der Waals surface area (Å²) in [5.41, 5.74) is 6.21. The number of aromatic nitrogens is 1. The molecule has 162 valence electrons. The van der Waals surface area contributed by atoms with E-state index in [1.54, 1.807) is 6.08 Å². The number of thiocarbonyl (C=S) groups is 1. The van der Waals surface area contributed by atoms with E-state index in [4.69, 9.17) is 17.2 Å². The van der Waals surface area contributed by atoms with Gasteiger partial charge in [0.1, 0.15) is 4.32 Å². The number of hydrogen-bond acceptors (Lipinski definition) is 5. The van der Waals surface area contributed by atoms with Crippen LogP contribution in [0, 0.1) is 19.8 Å². The predicted molar refractivity (Wildman–Crippen MR) is 129 cm³/mol. The summed E-state index contributed by atoms with van der Waals surface area (Å²) >= 11 is 6.34. The second-order valence-electron chi connectivity index (χ2n) is 7.89. The molecule has 2 amide bonds. The Kier molecular flexibility index (Phi) is 7.12. The lowest BCUT2D eigenvalue weighted by Gasteiger charge is -2.21. The lowest BCUT2D eigenvalue weighted by Crippen LogP contribution is -2.23. The molecule has 1 fully saturated rings. The van der Waals surface area contributed by atoms with Crippen molar-refractivity contribution in [1.29, 1.82) is 0 Å². The van der Waals surface area contributed by atoms with Crippen LogP contribution in [0.4, 0.5) is 4.79 Å². The number of hydrogen-bond donors (Lipinski definition) is 3. The Morgan fingerprint density at radius 2 is 1.97 bits per heavy atom. The molecular formula is C23H25N3O3S2. The Hall–Kier alpha value is -2.71. The molecular weight excluding hydrogens is 430 g/mol. The van der Waals surface area contributed by atoms with Gasteiger partial charge in [0, 0.05) is 29.1 Å². The molecule has 0 bridgehead atoms. The summed E-state index contributed by atoms with van der Waals surface area (Å²) in [6.07, 6.45) is 1.43. The lowest BCUT2D eigenvalue weighted by atomic mass is 9.89. The van der Waals surface area contributed by atoms with Crippen molar-refractivity contribution in [1.82, 2.24) is 15.6 Å². The third-order valence-electron chi connectivity index (χ3n) is 4.89. The van der Waals surface area contributed by atoms with Crippen LogP contribution in [0.2, 0.25) is 0 Å². The summed E-state index contributed by atoms with van der Waals surface area (Å²) in [5.74, 6) is 0.111. The summed E-state index contributed by atoms with van der Waals surface area (Å²) in [6.45, 7) is 8.27. The molecule has 0 atom stereocenters. The van der Waals surface area contributed by atoms with Crippen molar-refractivity contribution >= 4 is 46.4 Å². The minimum absolute atomic E-state index is 0.127. The predicted octanol–water partition coefficient (Wildman–Crippen LogP) is 4.82. The van der Waals surface area contributed by atoms with Crippen molar-refractivity contribution in [3.8, 4) is 11.1 Å². The van der Waals surface area contributed by atoms with Crippen molar-refractivity contribution in [2.45, 2.75) is 40.7 Å². The van der Waals surface area contributed by atoms with Crippen LogP contribution in [0.15, 0.2) is 29.2 Å². The zero-order valence-corrected chi connectivity index (χ0v) is 19.5. The summed E-state index contributed by atoms with van der Waals surface area (Å²) in [6, 6.07) is 8.07. The summed E-state index contributed by atoms with van der Waals surface area (Å²) in [4.78, 5) is 28.9. The van der Waals surface area contributed by atoms with E-state index in [-0.39, 0.29) is 12.5 Å². The van der Waals surface area contributed by atoms with Crippen LogP contribution in [-0.4, -0.2) is 26.4 Å². The van der Waals surface area contributed by atoms with Crippen molar-refractivity contribution in [3.63, 3.8) is 0 Å². The Labute approximate surface area is 191 Å². The fourth-order valence-corrected chi connectivity index (χ4v) is 4.53. The molecule has 1 aromatic heterocycles. The number of rotatable bonds is 6. The zero-order chi connectivity index (χ0) is 22.7. The molecule has 1 aliphatic heterocycles. The van der Waals surface area contributed by atoms with E-state index in [2.05, 4.69) is 24.5 Å². The maximum atomic E-state index is 12.3. The minimum atomic E-state index is -1.10. The number of carbonyl (C=O) groups is 2. The van der Waals surface area contributed by atoms with Gasteiger partial charge in [0.2, 0.25) is 0 Å². The summed E-state index contributed by atoms with van der Waals surface area (Å²) in [5, 5.41) is 14.4. The molecule has 6 nitrogen and oxygen atoms in total. The van der Waals surface area contributed by atoms with Crippen LogP contribution >= 0.6 is 24.0 Å². The molecule has 0 aliphatic carbocycles. The van der Waals surface area contributed by atoms with Crippen LogP contribution in [0.3, 0.4) is 0 Å². The average Bonchev–Trinajstić information content (AvgIpc) is 2.99. The first-order chi connectivity index (χ1) is 14.7. The van der Waals surface area contributed by atoms with Gasteiger partial charge in [0.25, 0.3) is 5.91 Å². The van der Waals surface area contributed by atoms with E-state index < -0.39 is 6.09 Å². The van der Waals surface area contributed by atoms with Crippen LogP contribution in [0.25, 0.3) is 17.2 Å². The van der Waals surface area contributed by atoms with Gasteiger partial charge in [-0.3, -0.25) is 9.78 Å². The smallest absolute Gasteiger partial charge is 0.404 e. The van der Waals surface area contributed by atoms with E-state index in [1.165, 1.54) is 11.8 Å². The number of benzene rings is 1. The van der Waals surface area contributed by atoms with Gasteiger partial charge in [-0.05, 0) is 43.4 Å². The van der Waals surface area contributed by atoms with E-state index in [0.717, 1.165) is 39.2 Å². The highest BCUT2D eigenvalue weighted by Gasteiger charge is 2.25. The van der Waals surface area contributed by atoms with Gasteiger partial charge >= 0.3 is 6.09 Å². The SMILES string of the molecule is Cc1ccc(-c2c(C=C3SC(=S)NC3=O)c(C)nc(CC(C)C)c2CNC(=O)O)cc1. The Bertz CT molecular complexity index is 1080. The third-order valence-corrected chi connectivity index (χ3v) is 6.05. The molecule has 0 saturated carbocycles. The number of aryl methyl sites for hydroxylation is 2. The summed E-state index contributed by atoms with van der Waals surface area (Å²) in [7, 11) is 0. The normalized spacial score (nSPS) is 14.9. The molecule has 1 aromatic carbocycles. The third kappa shape index (κ3) is 5.51. The van der Waals surface area contributed by atoms with Gasteiger partial charge in [-0.2, -0.15) is 0 Å². The highest BCUT2D eigenvalue weighted by Crippen LogP contribution is 2.36. The van der Waals surface area contributed by atoms with Crippen LogP contribution < -0.4 is 10.6 Å². The molecule has 0 spiro atoms. The number of nitrogens with zero attached hydrogens (tertiary/aromatic N) is 1. The number of amides is 2.